The summed E-state index contributed by atoms with van der Waals surface area (Å²) in [7, 11) is -3.38. The van der Waals surface area contributed by atoms with Crippen LogP contribution < -0.4 is 0 Å². The summed E-state index contributed by atoms with van der Waals surface area (Å²) < 4.78 is 22.8. The van der Waals surface area contributed by atoms with E-state index in [2.05, 4.69) is 15.9 Å². The van der Waals surface area contributed by atoms with Crippen LogP contribution in [0.25, 0.3) is 0 Å². The first-order valence-corrected chi connectivity index (χ1v) is 7.56. The molecule has 0 radical (unpaired) electrons. The molecular weight excluding hydrogens is 316 g/mol. The molecule has 1 unspecified atom stereocenters. The maximum atomic E-state index is 11.4. The summed E-state index contributed by atoms with van der Waals surface area (Å²) in [4.78, 5) is 10.7. The van der Waals surface area contributed by atoms with Crippen molar-refractivity contribution in [3.8, 4) is 0 Å². The number of Topliss-reactive ketones (excluding diaryl/α,β-unsaturated/α-hetero) is 1. The molecular formula is C10H10BrClO3S. The summed E-state index contributed by atoms with van der Waals surface area (Å²) in [5.74, 6) is -0.0956. The monoisotopic (exact) mass is 324 g/mol. The van der Waals surface area contributed by atoms with E-state index >= 15 is 0 Å². The van der Waals surface area contributed by atoms with Crippen LogP contribution in [0.3, 0.4) is 0 Å². The third-order valence-corrected chi connectivity index (χ3v) is 4.76. The average molecular weight is 326 g/mol. The number of hydrogen-bond donors (Lipinski definition) is 0. The number of carbonyl (C=O) groups is 1. The average Bonchev–Trinajstić information content (AvgIpc) is 2.15. The molecule has 0 spiro atoms. The molecule has 1 aromatic rings. The Bertz CT molecular complexity index is 525. The first-order chi connectivity index (χ1) is 7.23. The first-order valence-electron chi connectivity index (χ1n) is 4.37. The van der Waals surface area contributed by atoms with E-state index in [1.807, 2.05) is 0 Å². The van der Waals surface area contributed by atoms with E-state index in [9.17, 15) is 13.2 Å². The van der Waals surface area contributed by atoms with Gasteiger partial charge in [0, 0.05) is 6.26 Å². The zero-order chi connectivity index (χ0) is 12.5. The fraction of sp³-hybridized carbons (Fsp3) is 0.300. The fourth-order valence-electron chi connectivity index (χ4n) is 1.20. The van der Waals surface area contributed by atoms with Crippen LogP contribution in [0.4, 0.5) is 0 Å². The van der Waals surface area contributed by atoms with Gasteiger partial charge in [-0.1, -0.05) is 33.6 Å². The second-order valence-corrected chi connectivity index (χ2v) is 6.74. The van der Waals surface area contributed by atoms with Gasteiger partial charge >= 0.3 is 0 Å². The molecule has 3 nitrogen and oxygen atoms in total. The Morgan fingerprint density at radius 2 is 2.00 bits per heavy atom. The van der Waals surface area contributed by atoms with Crippen LogP contribution >= 0.6 is 27.5 Å². The number of halogens is 2. The standard InChI is InChI=1S/C10H10BrClO3S/c1-6(13)10(11)7-3-4-8(12)9(5-7)16(2,14)15/h3-5,10H,1-2H3. The molecule has 16 heavy (non-hydrogen) atoms. The number of alkyl halides is 1. The predicted molar refractivity (Wildman–Crippen MR) is 66.9 cm³/mol. The molecule has 0 saturated carbocycles. The number of sulfone groups is 1. The Morgan fingerprint density at radius 1 is 1.44 bits per heavy atom. The summed E-state index contributed by atoms with van der Waals surface area (Å²) in [5, 5.41) is 0.162. The lowest BCUT2D eigenvalue weighted by Crippen LogP contribution is -2.04. The lowest BCUT2D eigenvalue weighted by molar-refractivity contribution is -0.116. The van der Waals surface area contributed by atoms with E-state index in [-0.39, 0.29) is 15.7 Å². The lowest BCUT2D eigenvalue weighted by atomic mass is 10.1. The van der Waals surface area contributed by atoms with Crippen LogP contribution in [0.5, 0.6) is 0 Å². The Morgan fingerprint density at radius 3 is 2.44 bits per heavy atom. The number of rotatable bonds is 3. The SMILES string of the molecule is CC(=O)C(Br)c1ccc(Cl)c(S(C)(=O)=O)c1. The van der Waals surface area contributed by atoms with Crippen molar-refractivity contribution in [3.63, 3.8) is 0 Å². The fourth-order valence-corrected chi connectivity index (χ4v) is 2.79. The Balaban J connectivity index is 3.34. The van der Waals surface area contributed by atoms with E-state index in [1.54, 1.807) is 6.07 Å². The van der Waals surface area contributed by atoms with E-state index in [0.29, 0.717) is 5.56 Å². The second kappa shape index (κ2) is 4.85. The van der Waals surface area contributed by atoms with Gasteiger partial charge in [0.15, 0.2) is 9.84 Å². The molecule has 0 N–H and O–H groups in total. The third kappa shape index (κ3) is 3.06. The van der Waals surface area contributed by atoms with Crippen molar-refractivity contribution >= 4 is 43.2 Å². The normalized spacial score (nSPS) is 13.5. The molecule has 0 saturated heterocycles. The minimum atomic E-state index is -3.38. The van der Waals surface area contributed by atoms with Crippen LogP contribution in [0.2, 0.25) is 5.02 Å². The van der Waals surface area contributed by atoms with Gasteiger partial charge < -0.3 is 0 Å². The van der Waals surface area contributed by atoms with Crippen LogP contribution in [0, 0.1) is 0 Å². The van der Waals surface area contributed by atoms with Crippen LogP contribution in [0.1, 0.15) is 17.3 Å². The molecule has 0 amide bonds. The molecule has 1 rings (SSSR count). The van der Waals surface area contributed by atoms with Crippen LogP contribution in [-0.4, -0.2) is 20.5 Å². The quantitative estimate of drug-likeness (QED) is 0.803. The topological polar surface area (TPSA) is 51.2 Å². The van der Waals surface area contributed by atoms with Crippen molar-refractivity contribution in [2.75, 3.05) is 6.26 Å². The van der Waals surface area contributed by atoms with Crippen molar-refractivity contribution in [2.45, 2.75) is 16.6 Å². The highest BCUT2D eigenvalue weighted by atomic mass is 79.9. The highest BCUT2D eigenvalue weighted by Crippen LogP contribution is 2.29. The van der Waals surface area contributed by atoms with Crippen molar-refractivity contribution in [1.29, 1.82) is 0 Å². The predicted octanol–water partition coefficient (Wildman–Crippen LogP) is 2.77. The van der Waals surface area contributed by atoms with Gasteiger partial charge in [0.1, 0.15) is 5.78 Å². The van der Waals surface area contributed by atoms with Gasteiger partial charge in [-0.3, -0.25) is 4.79 Å². The van der Waals surface area contributed by atoms with Crippen molar-refractivity contribution in [3.05, 3.63) is 28.8 Å². The summed E-state index contributed by atoms with van der Waals surface area (Å²) in [6, 6.07) is 4.51. The smallest absolute Gasteiger partial charge is 0.177 e. The molecule has 1 atom stereocenters. The maximum Gasteiger partial charge on any atom is 0.177 e. The molecule has 0 aromatic heterocycles. The Hall–Kier alpha value is -0.390. The first kappa shape index (κ1) is 13.7. The number of carbonyl (C=O) groups excluding carboxylic acids is 1. The Kier molecular flexibility index (Phi) is 4.15. The second-order valence-electron chi connectivity index (χ2n) is 3.44. The van der Waals surface area contributed by atoms with Crippen molar-refractivity contribution in [2.24, 2.45) is 0 Å². The van der Waals surface area contributed by atoms with Gasteiger partial charge in [-0.2, -0.15) is 0 Å². The van der Waals surface area contributed by atoms with Gasteiger partial charge in [0.2, 0.25) is 0 Å². The van der Waals surface area contributed by atoms with Gasteiger partial charge in [0.25, 0.3) is 0 Å². The van der Waals surface area contributed by atoms with Gasteiger partial charge in [-0.15, -0.1) is 0 Å². The van der Waals surface area contributed by atoms with Crippen LogP contribution in [-0.2, 0) is 14.6 Å². The highest BCUT2D eigenvalue weighted by Gasteiger charge is 2.18. The number of benzene rings is 1. The van der Waals surface area contributed by atoms with E-state index in [1.165, 1.54) is 19.1 Å². The molecule has 0 aliphatic heterocycles. The Labute approximate surface area is 108 Å². The number of hydrogen-bond acceptors (Lipinski definition) is 3. The molecule has 1 aromatic carbocycles. The van der Waals surface area contributed by atoms with Crippen molar-refractivity contribution in [1.82, 2.24) is 0 Å². The van der Waals surface area contributed by atoms with Gasteiger partial charge in [0.05, 0.1) is 14.7 Å². The van der Waals surface area contributed by atoms with Crippen LogP contribution in [0.15, 0.2) is 23.1 Å². The molecule has 0 aliphatic rings. The largest absolute Gasteiger partial charge is 0.298 e. The maximum absolute atomic E-state index is 11.4. The summed E-state index contributed by atoms with van der Waals surface area (Å²) in [6.07, 6.45) is 1.08. The minimum absolute atomic E-state index is 0.0392. The molecule has 0 fully saturated rings. The minimum Gasteiger partial charge on any atom is -0.298 e. The third-order valence-electron chi connectivity index (χ3n) is 2.00. The molecule has 6 heteroatoms. The molecule has 88 valence electrons. The summed E-state index contributed by atoms with van der Waals surface area (Å²) >= 11 is 8.97. The van der Waals surface area contributed by atoms with E-state index in [4.69, 9.17) is 11.6 Å². The van der Waals surface area contributed by atoms with E-state index < -0.39 is 14.7 Å². The number of ketones is 1. The van der Waals surface area contributed by atoms with Crippen molar-refractivity contribution < 1.29 is 13.2 Å². The summed E-state index contributed by atoms with van der Waals surface area (Å²) in [5.41, 5.74) is 0.581. The highest BCUT2D eigenvalue weighted by molar-refractivity contribution is 9.09. The van der Waals surface area contributed by atoms with Gasteiger partial charge in [-0.05, 0) is 24.6 Å². The zero-order valence-electron chi connectivity index (χ0n) is 8.70. The zero-order valence-corrected chi connectivity index (χ0v) is 11.9. The molecule has 0 bridgehead atoms. The lowest BCUT2D eigenvalue weighted by Gasteiger charge is -2.09. The van der Waals surface area contributed by atoms with E-state index in [0.717, 1.165) is 6.26 Å². The summed E-state index contributed by atoms with van der Waals surface area (Å²) in [6.45, 7) is 1.42. The molecule has 0 aliphatic carbocycles. The van der Waals surface area contributed by atoms with Gasteiger partial charge in [-0.25, -0.2) is 8.42 Å². The molecule has 0 heterocycles.